The van der Waals surface area contributed by atoms with E-state index in [-0.39, 0.29) is 17.2 Å². The molecule has 0 N–H and O–H groups in total. The van der Waals surface area contributed by atoms with Gasteiger partial charge in [-0.2, -0.15) is 0 Å². The van der Waals surface area contributed by atoms with E-state index in [4.69, 9.17) is 15.6 Å². The second kappa shape index (κ2) is 4.91. The van der Waals surface area contributed by atoms with Crippen molar-refractivity contribution in [1.29, 1.82) is 0 Å². The first-order chi connectivity index (χ1) is 7.28. The summed E-state index contributed by atoms with van der Waals surface area (Å²) < 4.78 is 11.9. The zero-order chi connectivity index (χ0) is 12.4. The molecule has 0 aromatic carbocycles. The molecule has 1 aliphatic rings. The van der Waals surface area contributed by atoms with Crippen molar-refractivity contribution in [2.24, 2.45) is 0 Å². The highest BCUT2D eigenvalue weighted by Gasteiger charge is 2.41. The van der Waals surface area contributed by atoms with Crippen molar-refractivity contribution >= 4 is 8.32 Å². The fourth-order valence-electron chi connectivity index (χ4n) is 1.58. The van der Waals surface area contributed by atoms with E-state index in [1.54, 1.807) is 0 Å². The van der Waals surface area contributed by atoms with Gasteiger partial charge < -0.3 is 9.16 Å². The lowest BCUT2D eigenvalue weighted by Crippen LogP contribution is -2.48. The Morgan fingerprint density at radius 3 is 2.50 bits per heavy atom. The topological polar surface area (TPSA) is 18.5 Å². The molecule has 0 saturated carbocycles. The standard InChI is InChI=1S/C13H24O2Si/c1-7-11-12(9-8-10-14-11)15-16(5,6)13(2,3)4/h1,11-12H,8-10H2,2-6H3/t11-,12+/m0/s1. The molecule has 3 heteroatoms. The van der Waals surface area contributed by atoms with Gasteiger partial charge in [-0.1, -0.05) is 26.7 Å². The minimum Gasteiger partial charge on any atom is -0.410 e. The van der Waals surface area contributed by atoms with Crippen molar-refractivity contribution < 1.29 is 9.16 Å². The third-order valence-electron chi connectivity index (χ3n) is 3.68. The SMILES string of the molecule is C#C[C@@H]1OCCC[C@H]1O[Si](C)(C)C(C)(C)C. The molecule has 16 heavy (non-hydrogen) atoms. The average Bonchev–Trinajstić information content (AvgIpc) is 2.16. The van der Waals surface area contributed by atoms with Crippen LogP contribution in [-0.2, 0) is 9.16 Å². The molecule has 1 rings (SSSR count). The maximum atomic E-state index is 6.32. The molecule has 0 amide bonds. The second-order valence-electron chi connectivity index (χ2n) is 6.02. The lowest BCUT2D eigenvalue weighted by molar-refractivity contribution is -0.0370. The number of ether oxygens (including phenoxy) is 1. The van der Waals surface area contributed by atoms with Crippen LogP contribution in [0.4, 0.5) is 0 Å². The molecule has 0 spiro atoms. The van der Waals surface area contributed by atoms with Crippen LogP contribution in [0.25, 0.3) is 0 Å². The van der Waals surface area contributed by atoms with Crippen LogP contribution in [0.5, 0.6) is 0 Å². The van der Waals surface area contributed by atoms with Gasteiger partial charge in [0, 0.05) is 6.61 Å². The van der Waals surface area contributed by atoms with E-state index in [0.29, 0.717) is 0 Å². The Labute approximate surface area is 101 Å². The molecule has 1 saturated heterocycles. The Morgan fingerprint density at radius 2 is 2.00 bits per heavy atom. The van der Waals surface area contributed by atoms with E-state index in [0.717, 1.165) is 19.4 Å². The molecule has 0 bridgehead atoms. The highest BCUT2D eigenvalue weighted by Crippen LogP contribution is 2.38. The minimum absolute atomic E-state index is 0.0969. The van der Waals surface area contributed by atoms with Crippen LogP contribution in [0.1, 0.15) is 33.6 Å². The van der Waals surface area contributed by atoms with Gasteiger partial charge in [0.05, 0.1) is 6.10 Å². The summed E-state index contributed by atoms with van der Waals surface area (Å²) in [6, 6.07) is 0. The number of hydrogen-bond donors (Lipinski definition) is 0. The number of rotatable bonds is 2. The minimum atomic E-state index is -1.73. The van der Waals surface area contributed by atoms with Crippen molar-refractivity contribution in [3.8, 4) is 12.3 Å². The first-order valence-electron chi connectivity index (χ1n) is 6.03. The quantitative estimate of drug-likeness (QED) is 0.545. The molecule has 2 nitrogen and oxygen atoms in total. The van der Waals surface area contributed by atoms with Gasteiger partial charge in [-0.15, -0.1) is 6.42 Å². The summed E-state index contributed by atoms with van der Waals surface area (Å²) in [6.45, 7) is 12.0. The third-order valence-corrected chi connectivity index (χ3v) is 8.19. The lowest BCUT2D eigenvalue weighted by atomic mass is 10.1. The molecule has 0 aromatic rings. The van der Waals surface area contributed by atoms with E-state index in [2.05, 4.69) is 39.8 Å². The van der Waals surface area contributed by atoms with Gasteiger partial charge in [-0.05, 0) is 31.0 Å². The largest absolute Gasteiger partial charge is 0.410 e. The molecule has 0 aliphatic carbocycles. The van der Waals surface area contributed by atoms with Crippen LogP contribution in [0, 0.1) is 12.3 Å². The lowest BCUT2D eigenvalue weighted by Gasteiger charge is -2.41. The van der Waals surface area contributed by atoms with Crippen molar-refractivity contribution in [3.05, 3.63) is 0 Å². The van der Waals surface area contributed by atoms with Gasteiger partial charge >= 0.3 is 0 Å². The van der Waals surface area contributed by atoms with Gasteiger partial charge in [0.25, 0.3) is 0 Å². The average molecular weight is 240 g/mol. The first kappa shape index (κ1) is 13.8. The van der Waals surface area contributed by atoms with Crippen LogP contribution in [0.15, 0.2) is 0 Å². The van der Waals surface area contributed by atoms with E-state index in [9.17, 15) is 0 Å². The Kier molecular flexibility index (Phi) is 4.22. The molecule has 1 heterocycles. The van der Waals surface area contributed by atoms with Crippen LogP contribution >= 0.6 is 0 Å². The molecule has 0 aromatic heterocycles. The number of terminal acetylenes is 1. The van der Waals surface area contributed by atoms with Gasteiger partial charge in [0.15, 0.2) is 8.32 Å². The summed E-state index contributed by atoms with van der Waals surface area (Å²) >= 11 is 0. The van der Waals surface area contributed by atoms with Crippen LogP contribution in [0.3, 0.4) is 0 Å². The highest BCUT2D eigenvalue weighted by molar-refractivity contribution is 6.74. The van der Waals surface area contributed by atoms with E-state index < -0.39 is 8.32 Å². The number of hydrogen-bond acceptors (Lipinski definition) is 2. The Morgan fingerprint density at radius 1 is 1.38 bits per heavy atom. The summed E-state index contributed by atoms with van der Waals surface area (Å²) in [5, 5.41) is 0.226. The first-order valence-corrected chi connectivity index (χ1v) is 8.94. The van der Waals surface area contributed by atoms with E-state index in [1.807, 2.05) is 0 Å². The fraction of sp³-hybridized carbons (Fsp3) is 0.846. The van der Waals surface area contributed by atoms with Crippen molar-refractivity contribution in [2.75, 3.05) is 6.61 Å². The molecular weight excluding hydrogens is 216 g/mol. The van der Waals surface area contributed by atoms with E-state index in [1.165, 1.54) is 0 Å². The van der Waals surface area contributed by atoms with Gasteiger partial charge in [-0.3, -0.25) is 0 Å². The predicted octanol–water partition coefficient (Wildman–Crippen LogP) is 3.19. The maximum Gasteiger partial charge on any atom is 0.192 e. The molecule has 0 unspecified atom stereocenters. The van der Waals surface area contributed by atoms with Crippen molar-refractivity contribution in [2.45, 2.75) is 64.0 Å². The molecule has 0 radical (unpaired) electrons. The molecule has 2 atom stereocenters. The summed E-state index contributed by atoms with van der Waals surface area (Å²) in [7, 11) is -1.73. The smallest absolute Gasteiger partial charge is 0.192 e. The summed E-state index contributed by atoms with van der Waals surface area (Å²) in [5.74, 6) is 2.70. The van der Waals surface area contributed by atoms with Gasteiger partial charge in [0.1, 0.15) is 6.10 Å². The molecule has 1 aliphatic heterocycles. The van der Waals surface area contributed by atoms with Crippen LogP contribution < -0.4 is 0 Å². The Hall–Kier alpha value is -0.303. The summed E-state index contributed by atoms with van der Waals surface area (Å²) in [5.41, 5.74) is 0. The maximum absolute atomic E-state index is 6.32. The zero-order valence-corrected chi connectivity index (χ0v) is 12.2. The van der Waals surface area contributed by atoms with Crippen molar-refractivity contribution in [1.82, 2.24) is 0 Å². The Bertz CT molecular complexity index is 273. The molecular formula is C13H24O2Si. The molecule has 1 fully saturated rings. The highest BCUT2D eigenvalue weighted by atomic mass is 28.4. The normalized spacial score (nSPS) is 27.5. The van der Waals surface area contributed by atoms with Gasteiger partial charge in [-0.25, -0.2) is 0 Å². The fourth-order valence-corrected chi connectivity index (χ4v) is 2.94. The van der Waals surface area contributed by atoms with E-state index >= 15 is 0 Å². The Balaban J connectivity index is 2.69. The van der Waals surface area contributed by atoms with Crippen LogP contribution in [0.2, 0.25) is 18.1 Å². The summed E-state index contributed by atoms with van der Waals surface area (Å²) in [4.78, 5) is 0. The third kappa shape index (κ3) is 3.10. The zero-order valence-electron chi connectivity index (χ0n) is 11.2. The second-order valence-corrected chi connectivity index (χ2v) is 10.8. The van der Waals surface area contributed by atoms with Crippen LogP contribution in [-0.4, -0.2) is 27.1 Å². The van der Waals surface area contributed by atoms with Crippen molar-refractivity contribution in [3.63, 3.8) is 0 Å². The van der Waals surface area contributed by atoms with Gasteiger partial charge in [0.2, 0.25) is 0 Å². The molecule has 92 valence electrons. The monoisotopic (exact) mass is 240 g/mol. The predicted molar refractivity (Wildman–Crippen MR) is 69.9 cm³/mol. The summed E-state index contributed by atoms with van der Waals surface area (Å²) in [6.07, 6.45) is 7.51.